The smallest absolute Gasteiger partial charge is 0.338 e. The van der Waals surface area contributed by atoms with Crippen molar-refractivity contribution in [3.8, 4) is 0 Å². The SMILES string of the molecule is CC1CCC(C(C)C)C(OC(=O)C(C)(O)CC(O)CO)C1. The van der Waals surface area contributed by atoms with Gasteiger partial charge in [-0.15, -0.1) is 0 Å². The highest BCUT2D eigenvalue weighted by atomic mass is 16.6. The summed E-state index contributed by atoms with van der Waals surface area (Å²) in [7, 11) is 0. The van der Waals surface area contributed by atoms with Crippen LogP contribution in [0.1, 0.15) is 53.4 Å². The Labute approximate surface area is 127 Å². The van der Waals surface area contributed by atoms with E-state index >= 15 is 0 Å². The molecule has 1 saturated carbocycles. The Hall–Kier alpha value is -0.650. The third-order valence-corrected chi connectivity index (χ3v) is 4.50. The van der Waals surface area contributed by atoms with Gasteiger partial charge in [-0.3, -0.25) is 0 Å². The number of carbonyl (C=O) groups is 1. The third kappa shape index (κ3) is 5.24. The van der Waals surface area contributed by atoms with Gasteiger partial charge in [0.1, 0.15) is 6.10 Å². The molecule has 0 aliphatic heterocycles. The Balaban J connectivity index is 2.69. The molecule has 5 atom stereocenters. The maximum Gasteiger partial charge on any atom is 0.338 e. The molecule has 0 spiro atoms. The predicted molar refractivity (Wildman–Crippen MR) is 79.6 cm³/mol. The van der Waals surface area contributed by atoms with Crippen molar-refractivity contribution < 1.29 is 24.9 Å². The first-order valence-electron chi connectivity index (χ1n) is 7.89. The lowest BCUT2D eigenvalue weighted by atomic mass is 9.75. The highest BCUT2D eigenvalue weighted by Crippen LogP contribution is 2.36. The molecule has 5 unspecified atom stereocenters. The van der Waals surface area contributed by atoms with Gasteiger partial charge in [0.25, 0.3) is 0 Å². The highest BCUT2D eigenvalue weighted by molar-refractivity contribution is 5.79. The van der Waals surface area contributed by atoms with Crippen molar-refractivity contribution in [2.24, 2.45) is 17.8 Å². The molecule has 3 N–H and O–H groups in total. The Morgan fingerprint density at radius 2 is 2.00 bits per heavy atom. The van der Waals surface area contributed by atoms with E-state index in [-0.39, 0.29) is 12.5 Å². The fourth-order valence-corrected chi connectivity index (χ4v) is 3.12. The number of rotatable bonds is 6. The zero-order chi connectivity index (χ0) is 16.2. The molecule has 21 heavy (non-hydrogen) atoms. The molecule has 0 aromatic carbocycles. The topological polar surface area (TPSA) is 87.0 Å². The van der Waals surface area contributed by atoms with E-state index in [2.05, 4.69) is 20.8 Å². The summed E-state index contributed by atoms with van der Waals surface area (Å²) in [4.78, 5) is 12.2. The van der Waals surface area contributed by atoms with Crippen molar-refractivity contribution in [3.05, 3.63) is 0 Å². The van der Waals surface area contributed by atoms with Crippen molar-refractivity contribution in [2.75, 3.05) is 6.61 Å². The maximum atomic E-state index is 12.2. The van der Waals surface area contributed by atoms with Gasteiger partial charge in [0.2, 0.25) is 0 Å². The van der Waals surface area contributed by atoms with Crippen LogP contribution in [0.2, 0.25) is 0 Å². The van der Waals surface area contributed by atoms with Crippen LogP contribution < -0.4 is 0 Å². The first-order chi connectivity index (χ1) is 9.67. The van der Waals surface area contributed by atoms with Gasteiger partial charge in [0.15, 0.2) is 5.60 Å². The first-order valence-corrected chi connectivity index (χ1v) is 7.89. The molecule has 5 nitrogen and oxygen atoms in total. The summed E-state index contributed by atoms with van der Waals surface area (Å²) in [6.45, 7) is 7.22. The van der Waals surface area contributed by atoms with Gasteiger partial charge in [-0.1, -0.05) is 27.2 Å². The number of esters is 1. The minimum absolute atomic E-state index is 0.181. The third-order valence-electron chi connectivity index (χ3n) is 4.50. The molecule has 1 rings (SSSR count). The van der Waals surface area contributed by atoms with E-state index < -0.39 is 24.3 Å². The van der Waals surface area contributed by atoms with E-state index in [1.54, 1.807) is 0 Å². The summed E-state index contributed by atoms with van der Waals surface area (Å²) in [6, 6.07) is 0. The van der Waals surface area contributed by atoms with Gasteiger partial charge in [-0.05, 0) is 37.5 Å². The van der Waals surface area contributed by atoms with Crippen LogP contribution in [0.25, 0.3) is 0 Å². The summed E-state index contributed by atoms with van der Waals surface area (Å²) < 4.78 is 5.56. The van der Waals surface area contributed by atoms with Crippen molar-refractivity contribution in [1.82, 2.24) is 0 Å². The predicted octanol–water partition coefficient (Wildman–Crippen LogP) is 1.48. The molecule has 0 heterocycles. The van der Waals surface area contributed by atoms with E-state index in [9.17, 15) is 15.0 Å². The average molecular weight is 302 g/mol. The first kappa shape index (κ1) is 18.4. The van der Waals surface area contributed by atoms with Crippen molar-refractivity contribution >= 4 is 5.97 Å². The Morgan fingerprint density at radius 1 is 1.38 bits per heavy atom. The maximum absolute atomic E-state index is 12.2. The Bertz CT molecular complexity index is 340. The second kappa shape index (κ2) is 7.56. The number of ether oxygens (including phenoxy) is 1. The van der Waals surface area contributed by atoms with Crippen LogP contribution in [0, 0.1) is 17.8 Å². The zero-order valence-electron chi connectivity index (χ0n) is 13.6. The monoisotopic (exact) mass is 302 g/mol. The lowest BCUT2D eigenvalue weighted by molar-refractivity contribution is -0.179. The molecule has 0 bridgehead atoms. The second-order valence-electron chi connectivity index (χ2n) is 7.08. The quantitative estimate of drug-likeness (QED) is 0.647. The molecular weight excluding hydrogens is 272 g/mol. The van der Waals surface area contributed by atoms with E-state index in [0.29, 0.717) is 17.8 Å². The average Bonchev–Trinajstić information content (AvgIpc) is 2.37. The van der Waals surface area contributed by atoms with Gasteiger partial charge < -0.3 is 20.1 Å². The van der Waals surface area contributed by atoms with Gasteiger partial charge in [0.05, 0.1) is 12.7 Å². The number of aliphatic hydroxyl groups is 3. The minimum atomic E-state index is -1.77. The molecule has 0 radical (unpaired) electrons. The molecule has 1 fully saturated rings. The Morgan fingerprint density at radius 3 is 2.52 bits per heavy atom. The Kier molecular flexibility index (Phi) is 6.63. The lowest BCUT2D eigenvalue weighted by Gasteiger charge is -2.38. The van der Waals surface area contributed by atoms with E-state index in [4.69, 9.17) is 9.84 Å². The standard InChI is InChI=1S/C16H30O5/c1-10(2)13-6-5-11(3)7-14(13)21-15(19)16(4,20)8-12(18)9-17/h10-14,17-18,20H,5-9H2,1-4H3. The number of hydrogen-bond acceptors (Lipinski definition) is 5. The zero-order valence-corrected chi connectivity index (χ0v) is 13.6. The molecule has 1 aliphatic rings. The molecule has 0 aromatic heterocycles. The number of carbonyl (C=O) groups excluding carboxylic acids is 1. The molecule has 5 heteroatoms. The van der Waals surface area contributed by atoms with Crippen LogP contribution in [0.5, 0.6) is 0 Å². The normalized spacial score (nSPS) is 30.8. The second-order valence-corrected chi connectivity index (χ2v) is 7.08. The van der Waals surface area contributed by atoms with E-state index in [1.807, 2.05) is 0 Å². The molecule has 1 aliphatic carbocycles. The molecule has 0 saturated heterocycles. The van der Waals surface area contributed by atoms with Crippen molar-refractivity contribution in [1.29, 1.82) is 0 Å². The number of hydrogen-bond donors (Lipinski definition) is 3. The summed E-state index contributed by atoms with van der Waals surface area (Å²) >= 11 is 0. The van der Waals surface area contributed by atoms with Crippen molar-refractivity contribution in [2.45, 2.75) is 71.2 Å². The largest absolute Gasteiger partial charge is 0.460 e. The van der Waals surface area contributed by atoms with Crippen LogP contribution >= 0.6 is 0 Å². The molecular formula is C16H30O5. The van der Waals surface area contributed by atoms with Crippen LogP contribution in [-0.2, 0) is 9.53 Å². The van der Waals surface area contributed by atoms with E-state index in [0.717, 1.165) is 19.3 Å². The molecule has 0 aromatic rings. The van der Waals surface area contributed by atoms with Crippen LogP contribution in [-0.4, -0.2) is 45.7 Å². The highest BCUT2D eigenvalue weighted by Gasteiger charge is 2.39. The van der Waals surface area contributed by atoms with Gasteiger partial charge >= 0.3 is 5.97 Å². The van der Waals surface area contributed by atoms with Crippen LogP contribution in [0.15, 0.2) is 0 Å². The lowest BCUT2D eigenvalue weighted by Crippen LogP contribution is -2.45. The van der Waals surface area contributed by atoms with Gasteiger partial charge in [-0.2, -0.15) is 0 Å². The number of aliphatic hydroxyl groups excluding tert-OH is 2. The summed E-state index contributed by atoms with van der Waals surface area (Å²) in [5, 5.41) is 28.4. The van der Waals surface area contributed by atoms with Crippen LogP contribution in [0.3, 0.4) is 0 Å². The fourth-order valence-electron chi connectivity index (χ4n) is 3.12. The summed E-state index contributed by atoms with van der Waals surface area (Å²) in [5.74, 6) is 0.525. The summed E-state index contributed by atoms with van der Waals surface area (Å²) in [5.41, 5.74) is -1.77. The van der Waals surface area contributed by atoms with Crippen LogP contribution in [0.4, 0.5) is 0 Å². The molecule has 0 amide bonds. The molecule has 124 valence electrons. The van der Waals surface area contributed by atoms with Crippen molar-refractivity contribution in [3.63, 3.8) is 0 Å². The van der Waals surface area contributed by atoms with Gasteiger partial charge in [-0.25, -0.2) is 4.79 Å². The minimum Gasteiger partial charge on any atom is -0.460 e. The van der Waals surface area contributed by atoms with Gasteiger partial charge in [0, 0.05) is 6.42 Å². The fraction of sp³-hybridized carbons (Fsp3) is 0.938. The van der Waals surface area contributed by atoms with E-state index in [1.165, 1.54) is 6.92 Å². The summed E-state index contributed by atoms with van der Waals surface area (Å²) in [6.07, 6.45) is 1.44.